The Morgan fingerprint density at radius 1 is 1.46 bits per heavy atom. The molecule has 2 heteroatoms. The molecule has 2 nitrogen and oxygen atoms in total. The molecule has 0 saturated carbocycles. The van der Waals surface area contributed by atoms with Gasteiger partial charge in [-0.15, -0.1) is 0 Å². The topological polar surface area (TPSA) is 29.5 Å². The summed E-state index contributed by atoms with van der Waals surface area (Å²) in [4.78, 5) is 0. The first-order valence-corrected chi connectivity index (χ1v) is 4.69. The SMILES string of the molecule is Cc1ccc2c(c1)OCCC[C@H]2O. The van der Waals surface area contributed by atoms with Gasteiger partial charge in [0.2, 0.25) is 0 Å². The number of rotatable bonds is 0. The Labute approximate surface area is 78.2 Å². The van der Waals surface area contributed by atoms with Gasteiger partial charge in [0, 0.05) is 5.56 Å². The molecule has 0 saturated heterocycles. The molecule has 1 N–H and O–H groups in total. The standard InChI is InChI=1S/C11H14O2/c1-8-4-5-9-10(12)3-2-6-13-11(9)7-8/h4-5,7,10,12H,2-3,6H2,1H3/t10-/m1/s1. The van der Waals surface area contributed by atoms with Crippen molar-refractivity contribution in [1.82, 2.24) is 0 Å². The van der Waals surface area contributed by atoms with E-state index >= 15 is 0 Å². The van der Waals surface area contributed by atoms with Gasteiger partial charge < -0.3 is 9.84 Å². The second-order valence-electron chi connectivity index (χ2n) is 3.55. The molecule has 0 amide bonds. The lowest BCUT2D eigenvalue weighted by atomic mass is 10.0. The van der Waals surface area contributed by atoms with Crippen molar-refractivity contribution >= 4 is 0 Å². The summed E-state index contributed by atoms with van der Waals surface area (Å²) in [6.07, 6.45) is 1.38. The number of aliphatic hydroxyl groups is 1. The highest BCUT2D eigenvalue weighted by atomic mass is 16.5. The fourth-order valence-electron chi connectivity index (χ4n) is 1.66. The summed E-state index contributed by atoms with van der Waals surface area (Å²) in [5, 5.41) is 9.75. The fourth-order valence-corrected chi connectivity index (χ4v) is 1.66. The minimum Gasteiger partial charge on any atom is -0.493 e. The van der Waals surface area contributed by atoms with Crippen molar-refractivity contribution in [2.45, 2.75) is 25.9 Å². The molecule has 1 atom stereocenters. The first-order chi connectivity index (χ1) is 6.27. The Bertz CT molecular complexity index is 307. The van der Waals surface area contributed by atoms with Crippen LogP contribution < -0.4 is 4.74 Å². The number of hydrogen-bond acceptors (Lipinski definition) is 2. The Kier molecular flexibility index (Phi) is 2.23. The quantitative estimate of drug-likeness (QED) is 0.660. The van der Waals surface area contributed by atoms with E-state index in [1.165, 1.54) is 5.56 Å². The van der Waals surface area contributed by atoms with Crippen LogP contribution >= 0.6 is 0 Å². The second kappa shape index (κ2) is 3.38. The van der Waals surface area contributed by atoms with Gasteiger partial charge in [0.1, 0.15) is 5.75 Å². The Hall–Kier alpha value is -1.02. The van der Waals surface area contributed by atoms with Crippen LogP contribution in [0.25, 0.3) is 0 Å². The van der Waals surface area contributed by atoms with E-state index in [0.29, 0.717) is 6.61 Å². The number of benzene rings is 1. The highest BCUT2D eigenvalue weighted by molar-refractivity contribution is 5.39. The lowest BCUT2D eigenvalue weighted by Crippen LogP contribution is -1.96. The average molecular weight is 178 g/mol. The molecule has 0 radical (unpaired) electrons. The smallest absolute Gasteiger partial charge is 0.125 e. The van der Waals surface area contributed by atoms with Gasteiger partial charge in [0.05, 0.1) is 12.7 Å². The van der Waals surface area contributed by atoms with Crippen molar-refractivity contribution in [2.24, 2.45) is 0 Å². The number of fused-ring (bicyclic) bond motifs is 1. The number of ether oxygens (including phenoxy) is 1. The van der Waals surface area contributed by atoms with Gasteiger partial charge in [-0.1, -0.05) is 12.1 Å². The van der Waals surface area contributed by atoms with Crippen LogP contribution in [-0.2, 0) is 0 Å². The average Bonchev–Trinajstić information content (AvgIpc) is 2.28. The van der Waals surface area contributed by atoms with Crippen LogP contribution in [0, 0.1) is 6.92 Å². The summed E-state index contributed by atoms with van der Waals surface area (Å²) in [5.74, 6) is 0.852. The van der Waals surface area contributed by atoms with E-state index in [1.54, 1.807) is 0 Å². The van der Waals surface area contributed by atoms with Crippen molar-refractivity contribution in [3.05, 3.63) is 29.3 Å². The predicted octanol–water partition coefficient (Wildman–Crippen LogP) is 2.20. The molecule has 13 heavy (non-hydrogen) atoms. The molecule has 1 aliphatic rings. The summed E-state index contributed by atoms with van der Waals surface area (Å²) < 4.78 is 5.54. The van der Waals surface area contributed by atoms with Crippen LogP contribution in [0.1, 0.15) is 30.1 Å². The zero-order valence-electron chi connectivity index (χ0n) is 7.79. The second-order valence-corrected chi connectivity index (χ2v) is 3.55. The van der Waals surface area contributed by atoms with E-state index in [4.69, 9.17) is 4.74 Å². The van der Waals surface area contributed by atoms with Crippen molar-refractivity contribution < 1.29 is 9.84 Å². The van der Waals surface area contributed by atoms with Crippen LogP contribution in [0.15, 0.2) is 18.2 Å². The maximum atomic E-state index is 9.75. The molecular formula is C11H14O2. The zero-order chi connectivity index (χ0) is 9.26. The minimum atomic E-state index is -0.349. The molecule has 1 aromatic carbocycles. The molecule has 0 bridgehead atoms. The van der Waals surface area contributed by atoms with Crippen molar-refractivity contribution in [3.63, 3.8) is 0 Å². The van der Waals surface area contributed by atoms with Gasteiger partial charge >= 0.3 is 0 Å². The number of hydrogen-bond donors (Lipinski definition) is 1. The van der Waals surface area contributed by atoms with Gasteiger partial charge in [-0.25, -0.2) is 0 Å². The number of aryl methyl sites for hydroxylation is 1. The Balaban J connectivity index is 2.42. The van der Waals surface area contributed by atoms with E-state index in [1.807, 2.05) is 25.1 Å². The fraction of sp³-hybridized carbons (Fsp3) is 0.455. The molecular weight excluding hydrogens is 164 g/mol. The van der Waals surface area contributed by atoms with E-state index < -0.39 is 0 Å². The van der Waals surface area contributed by atoms with Gasteiger partial charge in [-0.05, 0) is 31.4 Å². The van der Waals surface area contributed by atoms with Gasteiger partial charge in [0.25, 0.3) is 0 Å². The summed E-state index contributed by atoms with van der Waals surface area (Å²) in [7, 11) is 0. The summed E-state index contributed by atoms with van der Waals surface area (Å²) >= 11 is 0. The maximum absolute atomic E-state index is 9.75. The molecule has 1 aromatic rings. The van der Waals surface area contributed by atoms with Crippen LogP contribution in [-0.4, -0.2) is 11.7 Å². The van der Waals surface area contributed by atoms with Gasteiger partial charge in [0.15, 0.2) is 0 Å². The maximum Gasteiger partial charge on any atom is 0.125 e. The third-order valence-electron chi connectivity index (χ3n) is 2.41. The molecule has 0 aliphatic carbocycles. The number of aliphatic hydroxyl groups excluding tert-OH is 1. The molecule has 0 fully saturated rings. The highest BCUT2D eigenvalue weighted by Crippen LogP contribution is 2.31. The molecule has 1 aliphatic heterocycles. The van der Waals surface area contributed by atoms with Crippen LogP contribution in [0.3, 0.4) is 0 Å². The molecule has 2 rings (SSSR count). The van der Waals surface area contributed by atoms with Crippen molar-refractivity contribution in [1.29, 1.82) is 0 Å². The Morgan fingerprint density at radius 3 is 3.15 bits per heavy atom. The molecule has 0 aromatic heterocycles. The van der Waals surface area contributed by atoms with E-state index in [-0.39, 0.29) is 6.10 Å². The van der Waals surface area contributed by atoms with Crippen molar-refractivity contribution in [2.75, 3.05) is 6.61 Å². The minimum absolute atomic E-state index is 0.349. The summed E-state index contributed by atoms with van der Waals surface area (Å²) in [6, 6.07) is 5.96. The monoisotopic (exact) mass is 178 g/mol. The predicted molar refractivity (Wildman–Crippen MR) is 50.9 cm³/mol. The normalized spacial score (nSPS) is 21.5. The third kappa shape index (κ3) is 1.68. The largest absolute Gasteiger partial charge is 0.493 e. The summed E-state index contributed by atoms with van der Waals surface area (Å²) in [6.45, 7) is 2.74. The Morgan fingerprint density at radius 2 is 2.31 bits per heavy atom. The molecule has 70 valence electrons. The van der Waals surface area contributed by atoms with Crippen molar-refractivity contribution in [3.8, 4) is 5.75 Å². The molecule has 0 spiro atoms. The highest BCUT2D eigenvalue weighted by Gasteiger charge is 2.16. The molecule has 1 heterocycles. The first-order valence-electron chi connectivity index (χ1n) is 4.69. The van der Waals surface area contributed by atoms with Crippen LogP contribution in [0.2, 0.25) is 0 Å². The third-order valence-corrected chi connectivity index (χ3v) is 2.41. The molecule has 0 unspecified atom stereocenters. The lowest BCUT2D eigenvalue weighted by Gasteiger charge is -2.10. The van der Waals surface area contributed by atoms with E-state index in [0.717, 1.165) is 24.2 Å². The van der Waals surface area contributed by atoms with E-state index in [9.17, 15) is 5.11 Å². The van der Waals surface area contributed by atoms with Gasteiger partial charge in [-0.3, -0.25) is 0 Å². The van der Waals surface area contributed by atoms with Gasteiger partial charge in [-0.2, -0.15) is 0 Å². The van der Waals surface area contributed by atoms with Crippen LogP contribution in [0.4, 0.5) is 0 Å². The summed E-state index contributed by atoms with van der Waals surface area (Å²) in [5.41, 5.74) is 2.11. The van der Waals surface area contributed by atoms with E-state index in [2.05, 4.69) is 0 Å². The zero-order valence-corrected chi connectivity index (χ0v) is 7.79. The van der Waals surface area contributed by atoms with Crippen LogP contribution in [0.5, 0.6) is 5.75 Å². The lowest BCUT2D eigenvalue weighted by molar-refractivity contribution is 0.167. The first kappa shape index (κ1) is 8.57.